The third-order valence-electron chi connectivity index (χ3n) is 1.02. The topological polar surface area (TPSA) is 56.0 Å². The number of nitrogens with zero attached hydrogens (tertiary/aromatic N) is 2. The zero-order valence-electron chi connectivity index (χ0n) is 5.12. The molecule has 0 amide bonds. The summed E-state index contributed by atoms with van der Waals surface area (Å²) in [5.74, 6) is 0. The van der Waals surface area contributed by atoms with E-state index in [0.29, 0.717) is 9.08 Å². The minimum atomic E-state index is -0.476. The Morgan fingerprint density at radius 3 is 2.64 bits per heavy atom. The largest absolute Gasteiger partial charge is 0.287 e. The monoisotopic (exact) mass is 280 g/mol. The van der Waals surface area contributed by atoms with Gasteiger partial charge in [-0.15, -0.1) is 0 Å². The van der Waals surface area contributed by atoms with Gasteiger partial charge in [-0.3, -0.25) is 10.1 Å². The number of halogens is 2. The van der Waals surface area contributed by atoms with Crippen LogP contribution in [0.4, 0.5) is 5.69 Å². The van der Waals surface area contributed by atoms with Crippen LogP contribution < -0.4 is 0 Å². The lowest BCUT2D eigenvalue weighted by Gasteiger charge is -1.94. The van der Waals surface area contributed by atoms with E-state index < -0.39 is 4.92 Å². The average Bonchev–Trinajstić information content (AvgIpc) is 1.94. The molecule has 0 saturated heterocycles. The summed E-state index contributed by atoms with van der Waals surface area (Å²) in [6.45, 7) is 0. The number of hydrogen-bond donors (Lipinski definition) is 0. The highest BCUT2D eigenvalue weighted by molar-refractivity contribution is 9.13. The lowest BCUT2D eigenvalue weighted by molar-refractivity contribution is -0.385. The van der Waals surface area contributed by atoms with E-state index >= 15 is 0 Å². The molecule has 11 heavy (non-hydrogen) atoms. The molecule has 0 aliphatic rings. The van der Waals surface area contributed by atoms with Gasteiger partial charge < -0.3 is 0 Å². The summed E-state index contributed by atoms with van der Waals surface area (Å²) in [5, 5.41) is 10.3. The summed E-state index contributed by atoms with van der Waals surface area (Å²) in [7, 11) is 0. The minimum absolute atomic E-state index is 0.00637. The van der Waals surface area contributed by atoms with Crippen molar-refractivity contribution in [3.8, 4) is 0 Å². The fourth-order valence-electron chi connectivity index (χ4n) is 0.550. The number of rotatable bonds is 1. The van der Waals surface area contributed by atoms with Crippen LogP contribution in [-0.4, -0.2) is 9.91 Å². The zero-order valence-corrected chi connectivity index (χ0v) is 8.29. The fourth-order valence-corrected chi connectivity index (χ4v) is 1.25. The average molecular weight is 282 g/mol. The van der Waals surface area contributed by atoms with E-state index in [1.165, 1.54) is 12.3 Å². The molecule has 1 rings (SSSR count). The molecular weight excluding hydrogens is 280 g/mol. The Morgan fingerprint density at radius 2 is 2.18 bits per heavy atom. The second-order valence-electron chi connectivity index (χ2n) is 1.69. The predicted octanol–water partition coefficient (Wildman–Crippen LogP) is 2.51. The van der Waals surface area contributed by atoms with Crippen LogP contribution in [0.15, 0.2) is 21.3 Å². The van der Waals surface area contributed by atoms with E-state index in [0.717, 1.165) is 0 Å². The van der Waals surface area contributed by atoms with Gasteiger partial charge in [-0.25, -0.2) is 4.98 Å². The van der Waals surface area contributed by atoms with E-state index in [9.17, 15) is 10.1 Å². The number of nitro groups is 1. The number of hydrogen-bond acceptors (Lipinski definition) is 3. The quantitative estimate of drug-likeness (QED) is 0.451. The second kappa shape index (κ2) is 3.27. The van der Waals surface area contributed by atoms with Crippen molar-refractivity contribution in [2.45, 2.75) is 0 Å². The number of aromatic nitrogens is 1. The molecule has 0 bridgehead atoms. The first-order valence-electron chi connectivity index (χ1n) is 2.57. The van der Waals surface area contributed by atoms with Gasteiger partial charge in [-0.05, 0) is 31.9 Å². The third kappa shape index (κ3) is 1.75. The van der Waals surface area contributed by atoms with Crippen LogP contribution in [0.1, 0.15) is 0 Å². The van der Waals surface area contributed by atoms with Crippen LogP contribution in [0.25, 0.3) is 0 Å². The smallest absolute Gasteiger partial charge is 0.258 e. The van der Waals surface area contributed by atoms with Crippen molar-refractivity contribution >= 4 is 37.5 Å². The molecule has 0 radical (unpaired) electrons. The van der Waals surface area contributed by atoms with Gasteiger partial charge in [-0.2, -0.15) is 0 Å². The summed E-state index contributed by atoms with van der Waals surface area (Å²) in [6, 6.07) is 1.33. The molecule has 0 aliphatic carbocycles. The van der Waals surface area contributed by atoms with Crippen molar-refractivity contribution in [2.75, 3.05) is 0 Å². The molecule has 4 nitrogen and oxygen atoms in total. The molecule has 0 unspecified atom stereocenters. The molecule has 0 saturated carbocycles. The maximum atomic E-state index is 10.3. The molecule has 0 atom stereocenters. The fraction of sp³-hybridized carbons (Fsp3) is 0. The molecule has 0 N–H and O–H groups in total. The lowest BCUT2D eigenvalue weighted by atomic mass is 10.4. The number of pyridine rings is 1. The van der Waals surface area contributed by atoms with Gasteiger partial charge in [0.25, 0.3) is 5.69 Å². The predicted molar refractivity (Wildman–Crippen MR) is 46.3 cm³/mol. The van der Waals surface area contributed by atoms with Crippen molar-refractivity contribution < 1.29 is 4.92 Å². The zero-order chi connectivity index (χ0) is 8.43. The van der Waals surface area contributed by atoms with Crippen LogP contribution in [0.5, 0.6) is 0 Å². The van der Waals surface area contributed by atoms with Crippen molar-refractivity contribution in [1.82, 2.24) is 4.98 Å². The normalized spacial score (nSPS) is 9.64. The summed E-state index contributed by atoms with van der Waals surface area (Å²) in [6.07, 6.45) is 1.37. The molecule has 58 valence electrons. The first-order chi connectivity index (χ1) is 5.13. The molecule has 1 heterocycles. The second-order valence-corrected chi connectivity index (χ2v) is 3.24. The van der Waals surface area contributed by atoms with Gasteiger partial charge in [0, 0.05) is 12.3 Å². The van der Waals surface area contributed by atoms with E-state index in [1.807, 2.05) is 0 Å². The highest BCUT2D eigenvalue weighted by Crippen LogP contribution is 2.29. The van der Waals surface area contributed by atoms with Gasteiger partial charge in [0.15, 0.2) is 0 Å². The molecule has 6 heteroatoms. The molecule has 0 spiro atoms. The summed E-state index contributed by atoms with van der Waals surface area (Å²) in [4.78, 5) is 13.6. The van der Waals surface area contributed by atoms with E-state index in [1.54, 1.807) is 0 Å². The lowest BCUT2D eigenvalue weighted by Crippen LogP contribution is -1.90. The van der Waals surface area contributed by atoms with Crippen molar-refractivity contribution in [3.63, 3.8) is 0 Å². The van der Waals surface area contributed by atoms with Crippen molar-refractivity contribution in [3.05, 3.63) is 31.5 Å². The maximum absolute atomic E-state index is 10.3. The highest BCUT2D eigenvalue weighted by atomic mass is 79.9. The first kappa shape index (κ1) is 8.61. The van der Waals surface area contributed by atoms with Gasteiger partial charge in [0.05, 0.1) is 4.92 Å². The molecule has 0 aliphatic heterocycles. The summed E-state index contributed by atoms with van der Waals surface area (Å²) < 4.78 is 0.803. The molecule has 0 fully saturated rings. The Labute approximate surface area is 79.0 Å². The van der Waals surface area contributed by atoms with E-state index in [2.05, 4.69) is 36.8 Å². The summed E-state index contributed by atoms with van der Waals surface area (Å²) >= 11 is 6.08. The van der Waals surface area contributed by atoms with Crippen molar-refractivity contribution in [1.29, 1.82) is 0 Å². The maximum Gasteiger partial charge on any atom is 0.287 e. The molecule has 1 aromatic heterocycles. The van der Waals surface area contributed by atoms with Crippen LogP contribution in [0.3, 0.4) is 0 Å². The first-order valence-corrected chi connectivity index (χ1v) is 4.16. The van der Waals surface area contributed by atoms with E-state index in [-0.39, 0.29) is 5.69 Å². The van der Waals surface area contributed by atoms with Crippen LogP contribution in [0, 0.1) is 10.1 Å². The Balaban J connectivity index is 3.27. The Hall–Kier alpha value is -0.490. The van der Waals surface area contributed by atoms with Crippen LogP contribution in [-0.2, 0) is 0 Å². The SMILES string of the molecule is O=[N+]([O-])c1ccnc(Br)c1Br. The molecule has 0 aromatic carbocycles. The Bertz CT molecular complexity index is 303. The summed E-state index contributed by atoms with van der Waals surface area (Å²) in [5.41, 5.74) is 0.00637. The standard InChI is InChI=1S/C5H2Br2N2O2/c6-4-3(9(10)11)1-2-8-5(4)7/h1-2H. The molecule has 1 aromatic rings. The Morgan fingerprint density at radius 1 is 1.55 bits per heavy atom. The molecular formula is C5H2Br2N2O2. The van der Waals surface area contributed by atoms with Gasteiger partial charge in [0.2, 0.25) is 0 Å². The minimum Gasteiger partial charge on any atom is -0.258 e. The van der Waals surface area contributed by atoms with E-state index in [4.69, 9.17) is 0 Å². The van der Waals surface area contributed by atoms with Crippen LogP contribution in [0.2, 0.25) is 0 Å². The van der Waals surface area contributed by atoms with Gasteiger partial charge in [-0.1, -0.05) is 0 Å². The van der Waals surface area contributed by atoms with Crippen molar-refractivity contribution in [2.24, 2.45) is 0 Å². The van der Waals surface area contributed by atoms with Crippen LogP contribution >= 0.6 is 31.9 Å². The third-order valence-corrected chi connectivity index (χ3v) is 2.94. The van der Waals surface area contributed by atoms with Gasteiger partial charge in [0.1, 0.15) is 9.08 Å². The highest BCUT2D eigenvalue weighted by Gasteiger charge is 2.13. The van der Waals surface area contributed by atoms with Gasteiger partial charge >= 0.3 is 0 Å². The Kier molecular flexibility index (Phi) is 2.56.